The van der Waals surface area contributed by atoms with E-state index in [0.29, 0.717) is 17.3 Å². The van der Waals surface area contributed by atoms with Gasteiger partial charge in [0.15, 0.2) is 5.11 Å². The molecule has 1 aromatic carbocycles. The molecule has 0 saturated carbocycles. The first-order valence-corrected chi connectivity index (χ1v) is 6.62. The van der Waals surface area contributed by atoms with Crippen LogP contribution in [0.15, 0.2) is 18.2 Å². The lowest BCUT2D eigenvalue weighted by atomic mass is 9.99. The number of piperidine rings is 1. The number of rotatable bonds is 2. The van der Waals surface area contributed by atoms with E-state index in [2.05, 4.69) is 5.32 Å². The Morgan fingerprint density at radius 1 is 1.37 bits per heavy atom. The normalized spacial score (nSPS) is 19.3. The van der Waals surface area contributed by atoms with Crippen molar-refractivity contribution in [1.82, 2.24) is 4.90 Å². The standard InChI is InChI=1S/C13H16F2N2OS/c14-10-4-11(15)6-12(5-10)16-13(19)17-3-1-2-9(7-17)8-18/h4-6,9,18H,1-3,7-8H2,(H,16,19). The van der Waals surface area contributed by atoms with E-state index in [1.54, 1.807) is 0 Å². The van der Waals surface area contributed by atoms with Gasteiger partial charge in [-0.25, -0.2) is 8.78 Å². The molecule has 6 heteroatoms. The van der Waals surface area contributed by atoms with Crippen LogP contribution in [-0.4, -0.2) is 34.8 Å². The highest BCUT2D eigenvalue weighted by molar-refractivity contribution is 7.80. The second-order valence-electron chi connectivity index (χ2n) is 4.73. The molecule has 3 nitrogen and oxygen atoms in total. The maximum absolute atomic E-state index is 13.1. The third-order valence-corrected chi connectivity index (χ3v) is 3.54. The van der Waals surface area contributed by atoms with Gasteiger partial charge in [-0.3, -0.25) is 0 Å². The number of nitrogens with one attached hydrogen (secondary N) is 1. The van der Waals surface area contributed by atoms with Crippen LogP contribution in [0.4, 0.5) is 14.5 Å². The van der Waals surface area contributed by atoms with Crippen molar-refractivity contribution < 1.29 is 13.9 Å². The Balaban J connectivity index is 2.00. The highest BCUT2D eigenvalue weighted by Crippen LogP contribution is 2.18. The molecule has 1 aromatic rings. The molecular formula is C13H16F2N2OS. The number of halogens is 2. The number of aliphatic hydroxyl groups excluding tert-OH is 1. The number of aliphatic hydroxyl groups is 1. The zero-order valence-corrected chi connectivity index (χ0v) is 11.2. The Kier molecular flexibility index (Phi) is 4.66. The minimum atomic E-state index is -0.642. The van der Waals surface area contributed by atoms with Crippen molar-refractivity contribution in [1.29, 1.82) is 0 Å². The van der Waals surface area contributed by atoms with E-state index in [-0.39, 0.29) is 12.5 Å². The summed E-state index contributed by atoms with van der Waals surface area (Å²) in [6, 6.07) is 3.21. The van der Waals surface area contributed by atoms with E-state index < -0.39 is 11.6 Å². The van der Waals surface area contributed by atoms with Crippen LogP contribution in [0.2, 0.25) is 0 Å². The van der Waals surface area contributed by atoms with E-state index in [1.807, 2.05) is 4.90 Å². The van der Waals surface area contributed by atoms with Crippen molar-refractivity contribution in [2.45, 2.75) is 12.8 Å². The van der Waals surface area contributed by atoms with Gasteiger partial charge in [-0.15, -0.1) is 0 Å². The molecular weight excluding hydrogens is 270 g/mol. The summed E-state index contributed by atoms with van der Waals surface area (Å²) in [5.74, 6) is -1.08. The number of benzene rings is 1. The lowest BCUT2D eigenvalue weighted by molar-refractivity contribution is 0.162. The van der Waals surface area contributed by atoms with Crippen LogP contribution in [0.1, 0.15) is 12.8 Å². The smallest absolute Gasteiger partial charge is 0.173 e. The van der Waals surface area contributed by atoms with E-state index in [4.69, 9.17) is 17.3 Å². The fourth-order valence-electron chi connectivity index (χ4n) is 2.23. The summed E-state index contributed by atoms with van der Waals surface area (Å²) in [7, 11) is 0. The average molecular weight is 286 g/mol. The van der Waals surface area contributed by atoms with Crippen LogP contribution in [0, 0.1) is 17.6 Å². The minimum absolute atomic E-state index is 0.133. The Hall–Kier alpha value is -1.27. The minimum Gasteiger partial charge on any atom is -0.396 e. The predicted octanol–water partition coefficient (Wildman–Crippen LogP) is 2.37. The van der Waals surface area contributed by atoms with Gasteiger partial charge in [0.2, 0.25) is 0 Å². The first kappa shape index (κ1) is 14.1. The molecule has 0 amide bonds. The SMILES string of the molecule is OCC1CCCN(C(=S)Nc2cc(F)cc(F)c2)C1. The number of anilines is 1. The monoisotopic (exact) mass is 286 g/mol. The highest BCUT2D eigenvalue weighted by atomic mass is 32.1. The van der Waals surface area contributed by atoms with Gasteiger partial charge < -0.3 is 15.3 Å². The zero-order chi connectivity index (χ0) is 13.8. The topological polar surface area (TPSA) is 35.5 Å². The van der Waals surface area contributed by atoms with Gasteiger partial charge in [0, 0.05) is 31.5 Å². The molecule has 0 spiro atoms. The van der Waals surface area contributed by atoms with Gasteiger partial charge in [0.1, 0.15) is 11.6 Å². The summed E-state index contributed by atoms with van der Waals surface area (Å²) in [6.07, 6.45) is 1.93. The van der Waals surface area contributed by atoms with Crippen molar-refractivity contribution in [3.8, 4) is 0 Å². The molecule has 104 valence electrons. The number of likely N-dealkylation sites (tertiary alicyclic amines) is 1. The zero-order valence-electron chi connectivity index (χ0n) is 10.4. The Morgan fingerprint density at radius 2 is 2.05 bits per heavy atom. The molecule has 2 N–H and O–H groups in total. The maximum Gasteiger partial charge on any atom is 0.173 e. The quantitative estimate of drug-likeness (QED) is 0.818. The molecule has 0 bridgehead atoms. The fourth-order valence-corrected chi connectivity index (χ4v) is 2.51. The molecule has 1 atom stereocenters. The molecule has 1 heterocycles. The van der Waals surface area contributed by atoms with Crippen LogP contribution in [0.3, 0.4) is 0 Å². The van der Waals surface area contributed by atoms with E-state index in [1.165, 1.54) is 12.1 Å². The van der Waals surface area contributed by atoms with Crippen molar-refractivity contribution in [3.05, 3.63) is 29.8 Å². The van der Waals surface area contributed by atoms with Gasteiger partial charge in [-0.2, -0.15) is 0 Å². The summed E-state index contributed by atoms with van der Waals surface area (Å²) in [6.45, 7) is 1.59. The summed E-state index contributed by atoms with van der Waals surface area (Å²) >= 11 is 5.23. The molecule has 2 rings (SSSR count). The van der Waals surface area contributed by atoms with Crippen LogP contribution in [0.5, 0.6) is 0 Å². The lowest BCUT2D eigenvalue weighted by Crippen LogP contribution is -2.43. The maximum atomic E-state index is 13.1. The second-order valence-corrected chi connectivity index (χ2v) is 5.11. The molecule has 1 unspecified atom stereocenters. The summed E-state index contributed by atoms with van der Waals surface area (Å²) in [5.41, 5.74) is 0.300. The largest absolute Gasteiger partial charge is 0.396 e. The van der Waals surface area contributed by atoms with Gasteiger partial charge in [0.25, 0.3) is 0 Å². The number of hydrogen-bond acceptors (Lipinski definition) is 2. The van der Waals surface area contributed by atoms with E-state index >= 15 is 0 Å². The van der Waals surface area contributed by atoms with Crippen LogP contribution in [0.25, 0.3) is 0 Å². The fraction of sp³-hybridized carbons (Fsp3) is 0.462. The van der Waals surface area contributed by atoms with Gasteiger partial charge in [-0.1, -0.05) is 0 Å². The van der Waals surface area contributed by atoms with E-state index in [9.17, 15) is 8.78 Å². The van der Waals surface area contributed by atoms with E-state index in [0.717, 1.165) is 25.5 Å². The first-order chi connectivity index (χ1) is 9.08. The van der Waals surface area contributed by atoms with Crippen LogP contribution >= 0.6 is 12.2 Å². The van der Waals surface area contributed by atoms with Crippen molar-refractivity contribution in [2.24, 2.45) is 5.92 Å². The molecule has 1 saturated heterocycles. The summed E-state index contributed by atoms with van der Waals surface area (Å²) in [5, 5.41) is 12.4. The Morgan fingerprint density at radius 3 is 2.68 bits per heavy atom. The van der Waals surface area contributed by atoms with Crippen LogP contribution < -0.4 is 5.32 Å². The third-order valence-electron chi connectivity index (χ3n) is 3.18. The van der Waals surface area contributed by atoms with Crippen molar-refractivity contribution in [3.63, 3.8) is 0 Å². The Labute approximate surface area is 116 Å². The third kappa shape index (κ3) is 3.84. The number of nitrogens with zero attached hydrogens (tertiary/aromatic N) is 1. The molecule has 1 fully saturated rings. The molecule has 0 radical (unpaired) electrons. The molecule has 1 aliphatic heterocycles. The highest BCUT2D eigenvalue weighted by Gasteiger charge is 2.21. The van der Waals surface area contributed by atoms with Crippen molar-refractivity contribution >= 4 is 23.0 Å². The summed E-state index contributed by atoms with van der Waals surface area (Å²) < 4.78 is 26.1. The van der Waals surface area contributed by atoms with Crippen LogP contribution in [-0.2, 0) is 0 Å². The molecule has 1 aliphatic rings. The van der Waals surface area contributed by atoms with Crippen molar-refractivity contribution in [2.75, 3.05) is 25.0 Å². The second kappa shape index (κ2) is 6.25. The van der Waals surface area contributed by atoms with Gasteiger partial charge in [0.05, 0.1) is 0 Å². The Bertz CT molecular complexity index is 450. The molecule has 19 heavy (non-hydrogen) atoms. The molecule has 0 aliphatic carbocycles. The van der Waals surface area contributed by atoms with Gasteiger partial charge >= 0.3 is 0 Å². The first-order valence-electron chi connectivity index (χ1n) is 6.21. The molecule has 0 aromatic heterocycles. The number of thiocarbonyl (C=S) groups is 1. The summed E-state index contributed by atoms with van der Waals surface area (Å²) in [4.78, 5) is 1.92. The lowest BCUT2D eigenvalue weighted by Gasteiger charge is -2.33. The predicted molar refractivity (Wildman–Crippen MR) is 74.0 cm³/mol. The average Bonchev–Trinajstić information content (AvgIpc) is 2.37. The van der Waals surface area contributed by atoms with Gasteiger partial charge in [-0.05, 0) is 43.1 Å². The number of hydrogen-bond donors (Lipinski definition) is 2.